The van der Waals surface area contributed by atoms with Gasteiger partial charge in [-0.05, 0) is 13.0 Å². The average Bonchev–Trinajstić information content (AvgIpc) is 2.33. The van der Waals surface area contributed by atoms with Crippen LogP contribution in [-0.2, 0) is 6.54 Å². The van der Waals surface area contributed by atoms with E-state index in [9.17, 15) is 0 Å². The molecule has 3 heteroatoms. The Morgan fingerprint density at radius 3 is 3.30 bits per heavy atom. The van der Waals surface area contributed by atoms with Crippen LogP contribution in [0.1, 0.15) is 11.3 Å². The number of hydrogen-bond donors (Lipinski definition) is 0. The topological polar surface area (TPSA) is 37.6 Å². The van der Waals surface area contributed by atoms with Crippen molar-refractivity contribution in [3.05, 3.63) is 23.5 Å². The Balaban J connectivity index is 2.59. The molecule has 3 nitrogen and oxygen atoms in total. The molecule has 0 radical (unpaired) electrons. The summed E-state index contributed by atoms with van der Waals surface area (Å²) in [6.45, 7) is 2.69. The Bertz CT molecular complexity index is 291. The Labute approximate surface area is 58.8 Å². The largest absolute Gasteiger partial charge is 0.259 e. The minimum absolute atomic E-state index is 0.721. The summed E-state index contributed by atoms with van der Waals surface area (Å²) in [6, 6.07) is 2.02. The second-order valence-electron chi connectivity index (χ2n) is 2.35. The van der Waals surface area contributed by atoms with Gasteiger partial charge in [-0.2, -0.15) is 10.2 Å². The zero-order chi connectivity index (χ0) is 6.97. The van der Waals surface area contributed by atoms with Gasteiger partial charge in [0.1, 0.15) is 5.69 Å². The Morgan fingerprint density at radius 1 is 1.50 bits per heavy atom. The molecule has 0 unspecified atom stereocenters. The monoisotopic (exact) mass is 133 g/mol. The lowest BCUT2D eigenvalue weighted by Gasteiger charge is -1.93. The fraction of sp³-hybridized carbons (Fsp3) is 0.286. The highest BCUT2D eigenvalue weighted by Gasteiger charge is 2.06. The molecule has 0 N–H and O–H groups in total. The quantitative estimate of drug-likeness (QED) is 0.533. The van der Waals surface area contributed by atoms with Crippen LogP contribution in [0.15, 0.2) is 22.5 Å². The number of pyridine rings is 1. The van der Waals surface area contributed by atoms with E-state index in [1.165, 1.54) is 5.56 Å². The lowest BCUT2D eigenvalue weighted by molar-refractivity contribution is 1.04. The van der Waals surface area contributed by atoms with Crippen molar-refractivity contribution in [3.63, 3.8) is 0 Å². The molecule has 0 aromatic carbocycles. The van der Waals surface area contributed by atoms with Crippen molar-refractivity contribution in [1.82, 2.24) is 4.98 Å². The number of hydrogen-bond acceptors (Lipinski definition) is 3. The fourth-order valence-electron chi connectivity index (χ4n) is 1.01. The van der Waals surface area contributed by atoms with Crippen LogP contribution in [0.2, 0.25) is 0 Å². The molecule has 50 valence electrons. The highest BCUT2D eigenvalue weighted by Crippen LogP contribution is 2.25. The molecule has 1 aliphatic rings. The highest BCUT2D eigenvalue weighted by atomic mass is 15.1. The molecule has 0 amide bonds. The van der Waals surface area contributed by atoms with Gasteiger partial charge in [-0.1, -0.05) is 0 Å². The predicted molar refractivity (Wildman–Crippen MR) is 37.2 cm³/mol. The van der Waals surface area contributed by atoms with Gasteiger partial charge in [0, 0.05) is 11.3 Å². The summed E-state index contributed by atoms with van der Waals surface area (Å²) >= 11 is 0. The van der Waals surface area contributed by atoms with Crippen molar-refractivity contribution in [3.8, 4) is 0 Å². The Morgan fingerprint density at radius 2 is 2.40 bits per heavy atom. The van der Waals surface area contributed by atoms with E-state index >= 15 is 0 Å². The van der Waals surface area contributed by atoms with Gasteiger partial charge in [0.05, 0.1) is 12.7 Å². The maximum absolute atomic E-state index is 4.10. The van der Waals surface area contributed by atoms with Crippen LogP contribution in [0.25, 0.3) is 0 Å². The third kappa shape index (κ3) is 0.708. The molecule has 0 spiro atoms. The van der Waals surface area contributed by atoms with E-state index in [0.29, 0.717) is 0 Å². The molecule has 10 heavy (non-hydrogen) atoms. The van der Waals surface area contributed by atoms with E-state index in [-0.39, 0.29) is 0 Å². The second-order valence-corrected chi connectivity index (χ2v) is 2.35. The van der Waals surface area contributed by atoms with E-state index in [0.717, 1.165) is 17.9 Å². The molecule has 0 bridgehead atoms. The number of azo groups is 1. The third-order valence-electron chi connectivity index (χ3n) is 1.52. The van der Waals surface area contributed by atoms with Crippen LogP contribution in [0.5, 0.6) is 0 Å². The molecular weight excluding hydrogens is 126 g/mol. The van der Waals surface area contributed by atoms with Crippen LogP contribution in [0.4, 0.5) is 5.69 Å². The van der Waals surface area contributed by atoms with Crippen molar-refractivity contribution >= 4 is 5.69 Å². The average molecular weight is 133 g/mol. The third-order valence-corrected chi connectivity index (χ3v) is 1.52. The molecule has 0 saturated heterocycles. The minimum Gasteiger partial charge on any atom is -0.259 e. The van der Waals surface area contributed by atoms with Crippen molar-refractivity contribution in [2.45, 2.75) is 13.5 Å². The molecule has 1 aliphatic heterocycles. The minimum atomic E-state index is 0.721. The summed E-state index contributed by atoms with van der Waals surface area (Å²) in [5, 5.41) is 7.78. The summed E-state index contributed by atoms with van der Waals surface area (Å²) in [5.74, 6) is 0. The van der Waals surface area contributed by atoms with Gasteiger partial charge in [0.25, 0.3) is 0 Å². The first-order chi connectivity index (χ1) is 4.86. The molecule has 2 heterocycles. The van der Waals surface area contributed by atoms with Gasteiger partial charge in [-0.3, -0.25) is 4.98 Å². The molecule has 0 atom stereocenters. The molecule has 1 aromatic rings. The summed E-state index contributed by atoms with van der Waals surface area (Å²) in [7, 11) is 0. The zero-order valence-corrected chi connectivity index (χ0v) is 5.70. The molecule has 1 aromatic heterocycles. The number of fused-ring (bicyclic) bond motifs is 1. The van der Waals surface area contributed by atoms with Crippen molar-refractivity contribution in [1.29, 1.82) is 0 Å². The van der Waals surface area contributed by atoms with Crippen LogP contribution in [-0.4, -0.2) is 4.98 Å². The number of aryl methyl sites for hydroxylation is 1. The van der Waals surface area contributed by atoms with Gasteiger partial charge in [-0.25, -0.2) is 0 Å². The van der Waals surface area contributed by atoms with Crippen LogP contribution in [0.3, 0.4) is 0 Å². The summed E-state index contributed by atoms with van der Waals surface area (Å²) in [6.07, 6.45) is 1.77. The lowest BCUT2D eigenvalue weighted by Crippen LogP contribution is -1.82. The fourth-order valence-corrected chi connectivity index (χ4v) is 1.01. The van der Waals surface area contributed by atoms with Crippen molar-refractivity contribution < 1.29 is 0 Å². The maximum Gasteiger partial charge on any atom is 0.109 e. The molecule has 0 aliphatic carbocycles. The van der Waals surface area contributed by atoms with Crippen molar-refractivity contribution in [2.24, 2.45) is 10.2 Å². The van der Waals surface area contributed by atoms with E-state index < -0.39 is 0 Å². The SMILES string of the molecule is Cc1cc2c(cn1)N=NC2. The number of nitrogens with zero attached hydrogens (tertiary/aromatic N) is 3. The van der Waals surface area contributed by atoms with Crippen LogP contribution >= 0.6 is 0 Å². The lowest BCUT2D eigenvalue weighted by atomic mass is 10.2. The Kier molecular flexibility index (Phi) is 1.03. The molecule has 2 rings (SSSR count). The zero-order valence-electron chi connectivity index (χ0n) is 5.70. The van der Waals surface area contributed by atoms with Crippen LogP contribution in [0, 0.1) is 6.92 Å². The van der Waals surface area contributed by atoms with Gasteiger partial charge in [0.2, 0.25) is 0 Å². The summed E-state index contributed by atoms with van der Waals surface area (Å²) in [5.41, 5.74) is 3.14. The second kappa shape index (κ2) is 1.87. The van der Waals surface area contributed by atoms with Gasteiger partial charge in [-0.15, -0.1) is 0 Å². The maximum atomic E-state index is 4.10. The first kappa shape index (κ1) is 5.53. The first-order valence-corrected chi connectivity index (χ1v) is 3.19. The Hall–Kier alpha value is -1.25. The predicted octanol–water partition coefficient (Wildman–Crippen LogP) is 1.99. The summed E-state index contributed by atoms with van der Waals surface area (Å²) < 4.78 is 0. The normalized spacial score (nSPS) is 13.7. The smallest absolute Gasteiger partial charge is 0.109 e. The van der Waals surface area contributed by atoms with Gasteiger partial charge < -0.3 is 0 Å². The van der Waals surface area contributed by atoms with Gasteiger partial charge >= 0.3 is 0 Å². The summed E-state index contributed by atoms with van der Waals surface area (Å²) in [4.78, 5) is 4.10. The van der Waals surface area contributed by atoms with E-state index in [1.54, 1.807) is 6.20 Å². The van der Waals surface area contributed by atoms with Crippen LogP contribution < -0.4 is 0 Å². The van der Waals surface area contributed by atoms with E-state index in [4.69, 9.17) is 0 Å². The highest BCUT2D eigenvalue weighted by molar-refractivity contribution is 5.45. The standard InChI is InChI=1S/C7H7N3/c1-5-2-6-3-9-10-7(6)4-8-5/h2,4H,3H2,1H3. The van der Waals surface area contributed by atoms with E-state index in [1.807, 2.05) is 13.0 Å². The molecule has 0 fully saturated rings. The molecule has 0 saturated carbocycles. The molecular formula is C7H7N3. The van der Waals surface area contributed by atoms with E-state index in [2.05, 4.69) is 15.2 Å². The number of aromatic nitrogens is 1. The first-order valence-electron chi connectivity index (χ1n) is 3.19. The van der Waals surface area contributed by atoms with Gasteiger partial charge in [0.15, 0.2) is 0 Å². The number of rotatable bonds is 0. The van der Waals surface area contributed by atoms with Crippen molar-refractivity contribution in [2.75, 3.05) is 0 Å².